The summed E-state index contributed by atoms with van der Waals surface area (Å²) in [6.45, 7) is 9.44. The number of rotatable bonds is 9. The van der Waals surface area contributed by atoms with Gasteiger partial charge in [0.1, 0.15) is 49.8 Å². The highest BCUT2D eigenvalue weighted by atomic mass is 16.9. The first-order valence-electron chi connectivity index (χ1n) is 13.6. The van der Waals surface area contributed by atoms with Gasteiger partial charge in [0.05, 0.1) is 0 Å². The van der Waals surface area contributed by atoms with E-state index in [1.165, 1.54) is 0 Å². The number of carbonyl (C=O) groups excluding carboxylic acids is 4. The van der Waals surface area contributed by atoms with Crippen LogP contribution in [0, 0.1) is 0 Å². The summed E-state index contributed by atoms with van der Waals surface area (Å²) in [6, 6.07) is 0. The van der Waals surface area contributed by atoms with Crippen LogP contribution in [0.4, 0.5) is 0 Å². The zero-order valence-corrected chi connectivity index (χ0v) is 24.6. The van der Waals surface area contributed by atoms with E-state index in [1.54, 1.807) is 27.7 Å². The molecule has 4 rings (SSSR count). The number of ether oxygens (including phenoxy) is 10. The largest absolute Gasteiger partial charge is 0.463 e. The van der Waals surface area contributed by atoms with E-state index in [-0.39, 0.29) is 6.54 Å². The normalized spacial score (nSPS) is 38.1. The molecular formula is C26H39NO15. The Morgan fingerprint density at radius 1 is 0.762 bits per heavy atom. The summed E-state index contributed by atoms with van der Waals surface area (Å²) in [5.74, 6) is -4.59. The van der Waals surface area contributed by atoms with Gasteiger partial charge in [0.2, 0.25) is 5.91 Å². The highest BCUT2D eigenvalue weighted by Crippen LogP contribution is 2.44. The lowest BCUT2D eigenvalue weighted by Crippen LogP contribution is -2.62. The van der Waals surface area contributed by atoms with E-state index < -0.39 is 110 Å². The van der Waals surface area contributed by atoms with Crippen molar-refractivity contribution >= 4 is 23.8 Å². The number of carbonyl (C=O) groups is 4. The number of esters is 3. The molecule has 4 aliphatic rings. The number of aliphatic hydroxyl groups excluding tert-OH is 1. The standard InChI is InChI=1S/C26H39NO15/c1-11(28)33-9-15-18(35-12(2)29)20(36-13(3)30)17(32)23(38-15)34-10-16(31)27-8-14-19-21(40-25(4,5)39-19)22-24(37-14)42-26(6,7)41-22/h14-15,17-24,32H,8-10H2,1-7H3,(H,27,31)/t14-,15-,17-,18-,19+,20-,21+,22-,23+,24-/m1/s1. The van der Waals surface area contributed by atoms with Gasteiger partial charge in [0, 0.05) is 27.3 Å². The zero-order chi connectivity index (χ0) is 31.0. The Morgan fingerprint density at radius 3 is 2.00 bits per heavy atom. The Balaban J connectivity index is 1.37. The molecule has 0 bridgehead atoms. The van der Waals surface area contributed by atoms with Crippen LogP contribution in [0.5, 0.6) is 0 Å². The third-order valence-electron chi connectivity index (χ3n) is 6.80. The molecule has 0 aromatic rings. The minimum Gasteiger partial charge on any atom is -0.463 e. The van der Waals surface area contributed by atoms with Gasteiger partial charge in [0.25, 0.3) is 0 Å². The first-order chi connectivity index (χ1) is 19.5. The Hall–Kier alpha value is -2.44. The van der Waals surface area contributed by atoms with Crippen molar-refractivity contribution in [3.63, 3.8) is 0 Å². The van der Waals surface area contributed by atoms with Gasteiger partial charge in [-0.05, 0) is 27.7 Å². The molecule has 16 nitrogen and oxygen atoms in total. The third-order valence-corrected chi connectivity index (χ3v) is 6.80. The maximum Gasteiger partial charge on any atom is 0.303 e. The summed E-state index contributed by atoms with van der Waals surface area (Å²) in [7, 11) is 0. The molecule has 0 unspecified atom stereocenters. The van der Waals surface area contributed by atoms with Gasteiger partial charge >= 0.3 is 17.9 Å². The van der Waals surface area contributed by atoms with E-state index in [9.17, 15) is 24.3 Å². The average Bonchev–Trinajstić information content (AvgIpc) is 3.36. The Bertz CT molecular complexity index is 1030. The van der Waals surface area contributed by atoms with Gasteiger partial charge in [-0.2, -0.15) is 0 Å². The molecule has 0 radical (unpaired) electrons. The van der Waals surface area contributed by atoms with Gasteiger partial charge in [-0.25, -0.2) is 0 Å². The molecule has 4 heterocycles. The topological polar surface area (TPSA) is 193 Å². The molecule has 4 aliphatic heterocycles. The number of amides is 1. The van der Waals surface area contributed by atoms with Crippen LogP contribution in [-0.2, 0) is 66.5 Å². The zero-order valence-electron chi connectivity index (χ0n) is 24.6. The second-order valence-electron chi connectivity index (χ2n) is 11.3. The minimum atomic E-state index is -1.66. The maximum absolute atomic E-state index is 12.8. The van der Waals surface area contributed by atoms with Gasteiger partial charge in [-0.3, -0.25) is 19.2 Å². The Labute approximate surface area is 242 Å². The van der Waals surface area contributed by atoms with E-state index in [4.69, 9.17) is 47.4 Å². The average molecular weight is 606 g/mol. The summed E-state index contributed by atoms with van der Waals surface area (Å²) in [6.07, 6.45) is -10.1. The van der Waals surface area contributed by atoms with Crippen molar-refractivity contribution < 1.29 is 71.7 Å². The molecule has 0 aromatic heterocycles. The first kappa shape index (κ1) is 32.5. The lowest BCUT2D eigenvalue weighted by atomic mass is 9.98. The van der Waals surface area contributed by atoms with Gasteiger partial charge in [0.15, 0.2) is 36.4 Å². The predicted molar refractivity (Wildman–Crippen MR) is 134 cm³/mol. The van der Waals surface area contributed by atoms with E-state index in [0.29, 0.717) is 0 Å². The van der Waals surface area contributed by atoms with Crippen molar-refractivity contribution in [2.24, 2.45) is 0 Å². The van der Waals surface area contributed by atoms with Crippen LogP contribution >= 0.6 is 0 Å². The number of aliphatic hydroxyl groups is 1. The lowest BCUT2D eigenvalue weighted by Gasteiger charge is -2.42. The van der Waals surface area contributed by atoms with Crippen molar-refractivity contribution in [1.82, 2.24) is 5.32 Å². The fraction of sp³-hybridized carbons (Fsp3) is 0.846. The monoisotopic (exact) mass is 605 g/mol. The molecule has 238 valence electrons. The summed E-state index contributed by atoms with van der Waals surface area (Å²) in [5.41, 5.74) is 0. The van der Waals surface area contributed by atoms with Crippen LogP contribution in [0.1, 0.15) is 48.5 Å². The van der Waals surface area contributed by atoms with Gasteiger partial charge in [-0.15, -0.1) is 0 Å². The van der Waals surface area contributed by atoms with Crippen LogP contribution in [-0.4, -0.2) is 122 Å². The quantitative estimate of drug-likeness (QED) is 0.241. The molecule has 10 atom stereocenters. The fourth-order valence-electron chi connectivity index (χ4n) is 5.31. The van der Waals surface area contributed by atoms with Crippen LogP contribution in [0.25, 0.3) is 0 Å². The van der Waals surface area contributed by atoms with E-state index in [1.807, 2.05) is 0 Å². The SMILES string of the molecule is CC(=O)OC[C@H]1O[C@H](OCC(=O)NC[C@H]2O[C@@H]3OC(C)(C)O[C@@H]3[C@H]3OC(C)(C)O[C@H]32)[C@H](O)[C@@H](OC(C)=O)[C@@H]1OC(C)=O. The molecule has 16 heteroatoms. The first-order valence-corrected chi connectivity index (χ1v) is 13.6. The molecule has 0 aliphatic carbocycles. The van der Waals surface area contributed by atoms with E-state index in [0.717, 1.165) is 20.8 Å². The molecule has 4 fully saturated rings. The molecule has 0 aromatic carbocycles. The number of fused-ring (bicyclic) bond motifs is 3. The summed E-state index contributed by atoms with van der Waals surface area (Å²) in [5, 5.41) is 13.5. The fourth-order valence-corrected chi connectivity index (χ4v) is 5.31. The van der Waals surface area contributed by atoms with E-state index in [2.05, 4.69) is 5.32 Å². The predicted octanol–water partition coefficient (Wildman–Crippen LogP) is -0.972. The lowest BCUT2D eigenvalue weighted by molar-refractivity contribution is -0.304. The number of nitrogens with one attached hydrogen (secondary N) is 1. The minimum absolute atomic E-state index is 0.00353. The van der Waals surface area contributed by atoms with Crippen LogP contribution in [0.3, 0.4) is 0 Å². The molecule has 1 amide bonds. The summed E-state index contributed by atoms with van der Waals surface area (Å²) in [4.78, 5) is 47.6. The van der Waals surface area contributed by atoms with Crippen molar-refractivity contribution in [1.29, 1.82) is 0 Å². The molecular weight excluding hydrogens is 566 g/mol. The highest BCUT2D eigenvalue weighted by Gasteiger charge is 2.60. The molecule has 0 spiro atoms. The second kappa shape index (κ2) is 12.7. The Kier molecular flexibility index (Phi) is 9.79. The van der Waals surface area contributed by atoms with Crippen LogP contribution < -0.4 is 5.32 Å². The van der Waals surface area contributed by atoms with Crippen molar-refractivity contribution in [2.75, 3.05) is 19.8 Å². The van der Waals surface area contributed by atoms with Gasteiger partial charge in [-0.1, -0.05) is 0 Å². The molecule has 2 N–H and O–H groups in total. The van der Waals surface area contributed by atoms with Crippen molar-refractivity contribution in [3.8, 4) is 0 Å². The van der Waals surface area contributed by atoms with Crippen molar-refractivity contribution in [2.45, 2.75) is 121 Å². The number of hydrogen-bond donors (Lipinski definition) is 2. The molecule has 42 heavy (non-hydrogen) atoms. The van der Waals surface area contributed by atoms with Crippen LogP contribution in [0.2, 0.25) is 0 Å². The maximum atomic E-state index is 12.8. The molecule has 4 saturated heterocycles. The summed E-state index contributed by atoms with van der Waals surface area (Å²) >= 11 is 0. The molecule has 0 saturated carbocycles. The van der Waals surface area contributed by atoms with Crippen molar-refractivity contribution in [3.05, 3.63) is 0 Å². The third kappa shape index (κ3) is 7.74. The van der Waals surface area contributed by atoms with E-state index >= 15 is 0 Å². The highest BCUT2D eigenvalue weighted by molar-refractivity contribution is 5.77. The summed E-state index contributed by atoms with van der Waals surface area (Å²) < 4.78 is 56.6. The van der Waals surface area contributed by atoms with Crippen LogP contribution in [0.15, 0.2) is 0 Å². The van der Waals surface area contributed by atoms with Gasteiger partial charge < -0.3 is 57.8 Å². The number of hydrogen-bond acceptors (Lipinski definition) is 15. The smallest absolute Gasteiger partial charge is 0.303 e. The Morgan fingerprint density at radius 2 is 1.36 bits per heavy atom. The second-order valence-corrected chi connectivity index (χ2v) is 11.3.